The van der Waals surface area contributed by atoms with Gasteiger partial charge in [-0.05, 0) is 71.9 Å². The lowest BCUT2D eigenvalue weighted by atomic mass is 9.68. The Morgan fingerprint density at radius 3 is 2.44 bits per heavy atom. The Kier molecular flexibility index (Phi) is 5.15. The minimum absolute atomic E-state index is 0.0312. The molecule has 2 aromatic rings. The SMILES string of the molecule is CC1(C)C2=C(C(=O)c3ccc(OC4CCN(S(C)(=O)=O)CC4)cc31)c1ccc(Br)cc1C2. The number of hydrogen-bond acceptors (Lipinski definition) is 4. The van der Waals surface area contributed by atoms with Crippen LogP contribution < -0.4 is 4.74 Å². The number of ether oxygens (including phenoxy) is 1. The van der Waals surface area contributed by atoms with Crippen LogP contribution in [0.25, 0.3) is 5.57 Å². The van der Waals surface area contributed by atoms with Crippen molar-refractivity contribution in [2.24, 2.45) is 0 Å². The predicted molar refractivity (Wildman–Crippen MR) is 129 cm³/mol. The summed E-state index contributed by atoms with van der Waals surface area (Å²) in [7, 11) is -3.16. The molecule has 2 aliphatic carbocycles. The van der Waals surface area contributed by atoms with E-state index in [1.165, 1.54) is 21.7 Å². The molecule has 3 aliphatic rings. The van der Waals surface area contributed by atoms with E-state index in [2.05, 4.69) is 35.8 Å². The summed E-state index contributed by atoms with van der Waals surface area (Å²) in [5, 5.41) is 0. The van der Waals surface area contributed by atoms with Crippen molar-refractivity contribution >= 4 is 37.3 Å². The van der Waals surface area contributed by atoms with E-state index in [1.807, 2.05) is 30.3 Å². The van der Waals surface area contributed by atoms with Gasteiger partial charge in [-0.25, -0.2) is 12.7 Å². The first-order chi connectivity index (χ1) is 15.1. The van der Waals surface area contributed by atoms with Gasteiger partial charge in [-0.1, -0.05) is 35.8 Å². The van der Waals surface area contributed by atoms with E-state index in [9.17, 15) is 13.2 Å². The van der Waals surface area contributed by atoms with Crippen LogP contribution in [0.5, 0.6) is 5.75 Å². The summed E-state index contributed by atoms with van der Waals surface area (Å²) in [4.78, 5) is 13.5. The van der Waals surface area contributed by atoms with Gasteiger partial charge in [0.05, 0.1) is 6.26 Å². The molecule has 0 N–H and O–H groups in total. The largest absolute Gasteiger partial charge is 0.490 e. The second-order valence-electron chi connectivity index (χ2n) is 9.47. The molecule has 5 nitrogen and oxygen atoms in total. The Balaban J connectivity index is 1.42. The summed E-state index contributed by atoms with van der Waals surface area (Å²) in [6, 6.07) is 11.9. The number of hydrogen-bond donors (Lipinski definition) is 0. The zero-order valence-corrected chi connectivity index (χ0v) is 20.8. The van der Waals surface area contributed by atoms with Gasteiger partial charge < -0.3 is 4.74 Å². The van der Waals surface area contributed by atoms with E-state index >= 15 is 0 Å². The fraction of sp³-hybridized carbons (Fsp3) is 0.400. The fourth-order valence-corrected chi connectivity index (χ4v) is 6.55. The molecule has 0 saturated carbocycles. The number of benzene rings is 2. The van der Waals surface area contributed by atoms with E-state index < -0.39 is 10.0 Å². The highest BCUT2D eigenvalue weighted by Gasteiger charge is 2.43. The third-order valence-corrected chi connectivity index (χ3v) is 8.87. The number of carbonyl (C=O) groups is 1. The predicted octanol–water partition coefficient (Wildman–Crippen LogP) is 4.74. The quantitative estimate of drug-likeness (QED) is 0.592. The normalized spacial score (nSPS) is 20.7. The van der Waals surface area contributed by atoms with Crippen molar-refractivity contribution in [1.82, 2.24) is 4.31 Å². The summed E-state index contributed by atoms with van der Waals surface area (Å²) in [6.07, 6.45) is 3.31. The molecule has 1 saturated heterocycles. The first-order valence-electron chi connectivity index (χ1n) is 10.9. The Bertz CT molecular complexity index is 1270. The molecule has 0 aromatic heterocycles. The van der Waals surface area contributed by atoms with Gasteiger partial charge in [-0.15, -0.1) is 0 Å². The number of allylic oxidation sites excluding steroid dienone is 2. The smallest absolute Gasteiger partial charge is 0.211 e. The van der Waals surface area contributed by atoms with E-state index in [0.717, 1.165) is 38.9 Å². The summed E-state index contributed by atoms with van der Waals surface area (Å²) in [6.45, 7) is 5.32. The molecule has 1 heterocycles. The van der Waals surface area contributed by atoms with Crippen molar-refractivity contribution in [2.45, 2.75) is 44.6 Å². The molecule has 0 bridgehead atoms. The van der Waals surface area contributed by atoms with Crippen molar-refractivity contribution < 1.29 is 17.9 Å². The molecule has 7 heteroatoms. The van der Waals surface area contributed by atoms with Crippen LogP contribution in [0.2, 0.25) is 0 Å². The highest BCUT2D eigenvalue weighted by Crippen LogP contribution is 2.50. The lowest BCUT2D eigenvalue weighted by Crippen LogP contribution is -2.41. The first kappa shape index (κ1) is 21.9. The van der Waals surface area contributed by atoms with Crippen LogP contribution in [0.1, 0.15) is 53.7 Å². The van der Waals surface area contributed by atoms with Crippen LogP contribution in [0.15, 0.2) is 46.4 Å². The number of nitrogens with zero attached hydrogens (tertiary/aromatic N) is 1. The van der Waals surface area contributed by atoms with E-state index in [0.29, 0.717) is 25.9 Å². The maximum atomic E-state index is 13.5. The lowest BCUT2D eigenvalue weighted by molar-refractivity contribution is 0.105. The van der Waals surface area contributed by atoms with Crippen molar-refractivity contribution in [3.8, 4) is 5.75 Å². The van der Waals surface area contributed by atoms with Crippen molar-refractivity contribution in [1.29, 1.82) is 0 Å². The average Bonchev–Trinajstić information content (AvgIpc) is 3.12. The van der Waals surface area contributed by atoms with Gasteiger partial charge in [0.25, 0.3) is 0 Å². The second kappa shape index (κ2) is 7.54. The standard InChI is InChI=1S/C25H26BrNO4S/c1-25(2)21-14-18(31-17-8-10-27(11-9-17)32(3,29)30)5-7-20(21)24(28)23-19-6-4-16(26)12-15(19)13-22(23)25/h4-7,12,14,17H,8-11,13H2,1-3H3. The maximum Gasteiger partial charge on any atom is 0.211 e. The van der Waals surface area contributed by atoms with Gasteiger partial charge in [0.2, 0.25) is 10.0 Å². The Hall–Kier alpha value is -1.96. The molecule has 0 atom stereocenters. The van der Waals surface area contributed by atoms with Gasteiger partial charge in [0, 0.05) is 34.1 Å². The summed E-state index contributed by atoms with van der Waals surface area (Å²) >= 11 is 3.55. The third kappa shape index (κ3) is 3.55. The molecule has 0 spiro atoms. The van der Waals surface area contributed by atoms with Crippen molar-refractivity contribution in [3.63, 3.8) is 0 Å². The third-order valence-electron chi connectivity index (χ3n) is 7.07. The molecule has 32 heavy (non-hydrogen) atoms. The number of rotatable bonds is 3. The van der Waals surface area contributed by atoms with E-state index in [-0.39, 0.29) is 17.3 Å². The van der Waals surface area contributed by atoms with Crippen LogP contribution >= 0.6 is 15.9 Å². The molecule has 0 amide bonds. The van der Waals surface area contributed by atoms with Crippen molar-refractivity contribution in [2.75, 3.05) is 19.3 Å². The van der Waals surface area contributed by atoms with E-state index in [4.69, 9.17) is 4.74 Å². The number of sulfonamides is 1. The highest BCUT2D eigenvalue weighted by molar-refractivity contribution is 9.10. The lowest BCUT2D eigenvalue weighted by Gasteiger charge is -2.35. The zero-order valence-electron chi connectivity index (χ0n) is 18.4. The molecular formula is C25H26BrNO4S. The molecule has 1 aliphatic heterocycles. The number of halogens is 1. The molecule has 5 rings (SSSR count). The highest BCUT2D eigenvalue weighted by atomic mass is 79.9. The topological polar surface area (TPSA) is 63.7 Å². The van der Waals surface area contributed by atoms with Crippen molar-refractivity contribution in [3.05, 3.63) is 68.7 Å². The number of piperidine rings is 1. The van der Waals surface area contributed by atoms with Crippen LogP contribution in [0.3, 0.4) is 0 Å². The number of fused-ring (bicyclic) bond motifs is 3. The van der Waals surface area contributed by atoms with Gasteiger partial charge in [0.1, 0.15) is 11.9 Å². The van der Waals surface area contributed by atoms with Crippen LogP contribution in [0, 0.1) is 0 Å². The molecule has 1 fully saturated rings. The van der Waals surface area contributed by atoms with Crippen LogP contribution in [-0.2, 0) is 21.9 Å². The molecule has 168 valence electrons. The summed E-state index contributed by atoms with van der Waals surface area (Å²) in [5.41, 5.74) is 5.71. The van der Waals surface area contributed by atoms with E-state index in [1.54, 1.807) is 0 Å². The van der Waals surface area contributed by atoms with Gasteiger partial charge in [-0.2, -0.15) is 0 Å². The average molecular weight is 516 g/mol. The number of carbonyl (C=O) groups excluding carboxylic acids is 1. The molecule has 2 aromatic carbocycles. The maximum absolute atomic E-state index is 13.5. The summed E-state index contributed by atoms with van der Waals surface area (Å²) < 4.78 is 32.3. The monoisotopic (exact) mass is 515 g/mol. The van der Waals surface area contributed by atoms with Crippen LogP contribution in [0.4, 0.5) is 0 Å². The van der Waals surface area contributed by atoms with Gasteiger partial charge in [-0.3, -0.25) is 4.79 Å². The first-order valence-corrected chi connectivity index (χ1v) is 13.5. The Morgan fingerprint density at radius 2 is 1.75 bits per heavy atom. The van der Waals surface area contributed by atoms with Gasteiger partial charge >= 0.3 is 0 Å². The zero-order chi connectivity index (χ0) is 22.8. The van der Waals surface area contributed by atoms with Crippen LogP contribution in [-0.4, -0.2) is 44.0 Å². The summed E-state index contributed by atoms with van der Waals surface area (Å²) in [5.74, 6) is 0.827. The van der Waals surface area contributed by atoms with Gasteiger partial charge in [0.15, 0.2) is 5.78 Å². The minimum atomic E-state index is -3.16. The molecule has 0 radical (unpaired) electrons. The second-order valence-corrected chi connectivity index (χ2v) is 12.4. The molecular weight excluding hydrogens is 490 g/mol. The number of ketones is 1. The molecule has 0 unspecified atom stereocenters. The minimum Gasteiger partial charge on any atom is -0.490 e. The number of Topliss-reactive ketones (excluding diaryl/α,β-unsaturated/α-hetero) is 1. The Labute approximate surface area is 197 Å². The Morgan fingerprint density at radius 1 is 1.06 bits per heavy atom. The fourth-order valence-electron chi connectivity index (χ4n) is 5.27.